The first-order chi connectivity index (χ1) is 10.1. The molecule has 0 aromatic carbocycles. The summed E-state index contributed by atoms with van der Waals surface area (Å²) in [4.78, 5) is 25.9. The van der Waals surface area contributed by atoms with Gasteiger partial charge in [-0.25, -0.2) is 4.68 Å². The van der Waals surface area contributed by atoms with E-state index in [9.17, 15) is 9.59 Å². The Morgan fingerprint density at radius 3 is 2.62 bits per heavy atom. The molecule has 1 heterocycles. The molecule has 0 aliphatic heterocycles. The molecule has 0 saturated heterocycles. The molecule has 118 valence electrons. The smallest absolute Gasteiger partial charge is 0.271 e. The van der Waals surface area contributed by atoms with Gasteiger partial charge in [0.05, 0.1) is 0 Å². The van der Waals surface area contributed by atoms with Crippen molar-refractivity contribution < 1.29 is 4.79 Å². The number of hydrogen-bond acceptors (Lipinski definition) is 4. The highest BCUT2D eigenvalue weighted by atomic mass is 16.2. The quantitative estimate of drug-likeness (QED) is 0.741. The topological polar surface area (TPSA) is 67.2 Å². The average molecular weight is 294 g/mol. The van der Waals surface area contributed by atoms with Crippen LogP contribution in [0, 0.1) is 0 Å². The van der Waals surface area contributed by atoms with Gasteiger partial charge in [0.2, 0.25) is 0 Å². The van der Waals surface area contributed by atoms with Crippen LogP contribution in [0.4, 0.5) is 0 Å². The third-order valence-electron chi connectivity index (χ3n) is 3.43. The van der Waals surface area contributed by atoms with Crippen LogP contribution >= 0.6 is 0 Å². The first-order valence-electron chi connectivity index (χ1n) is 7.71. The van der Waals surface area contributed by atoms with Crippen LogP contribution in [0.25, 0.3) is 0 Å². The highest BCUT2D eigenvalue weighted by Crippen LogP contribution is 1.94. The number of nitrogens with one attached hydrogen (secondary N) is 1. The minimum Gasteiger partial charge on any atom is -0.349 e. The summed E-state index contributed by atoms with van der Waals surface area (Å²) in [5.74, 6) is -0.229. The molecule has 0 bridgehead atoms. The number of aromatic nitrogens is 2. The van der Waals surface area contributed by atoms with Crippen LogP contribution in [0.5, 0.6) is 0 Å². The van der Waals surface area contributed by atoms with Crippen molar-refractivity contribution in [3.8, 4) is 0 Å². The van der Waals surface area contributed by atoms with Crippen LogP contribution in [-0.4, -0.2) is 46.8 Å². The molecule has 21 heavy (non-hydrogen) atoms. The minimum absolute atomic E-state index is 0.164. The predicted molar refractivity (Wildman–Crippen MR) is 83.5 cm³/mol. The normalized spacial score (nSPS) is 10.9. The molecule has 0 spiro atoms. The van der Waals surface area contributed by atoms with E-state index in [0.717, 1.165) is 32.5 Å². The van der Waals surface area contributed by atoms with Crippen LogP contribution in [-0.2, 0) is 6.54 Å². The SMILES string of the molecule is CCCCn1nc(C(=O)NCCN(CC)CC)ccc1=O. The molecule has 0 radical (unpaired) electrons. The monoisotopic (exact) mass is 294 g/mol. The fourth-order valence-corrected chi connectivity index (χ4v) is 2.00. The molecule has 6 nitrogen and oxygen atoms in total. The zero-order valence-corrected chi connectivity index (χ0v) is 13.3. The second-order valence-electron chi connectivity index (χ2n) is 4.92. The molecule has 0 aliphatic carbocycles. The maximum atomic E-state index is 12.0. The van der Waals surface area contributed by atoms with Gasteiger partial charge in [-0.05, 0) is 25.6 Å². The molecule has 6 heteroatoms. The lowest BCUT2D eigenvalue weighted by atomic mass is 10.3. The standard InChI is InChI=1S/C15H26N4O2/c1-4-7-11-19-14(20)9-8-13(17-19)15(21)16-10-12-18(5-2)6-3/h8-9H,4-7,10-12H2,1-3H3,(H,16,21). The summed E-state index contributed by atoms with van der Waals surface area (Å²) in [7, 11) is 0. The Morgan fingerprint density at radius 2 is 2.00 bits per heavy atom. The number of likely N-dealkylation sites (N-methyl/N-ethyl adjacent to an activating group) is 1. The fraction of sp³-hybridized carbons (Fsp3) is 0.667. The maximum absolute atomic E-state index is 12.0. The van der Waals surface area contributed by atoms with Crippen molar-refractivity contribution in [3.05, 3.63) is 28.2 Å². The molecule has 1 aromatic heterocycles. The van der Waals surface area contributed by atoms with Gasteiger partial charge >= 0.3 is 0 Å². The number of carbonyl (C=O) groups is 1. The van der Waals surface area contributed by atoms with Gasteiger partial charge in [0.25, 0.3) is 11.5 Å². The van der Waals surface area contributed by atoms with Gasteiger partial charge in [0.15, 0.2) is 0 Å². The third-order valence-corrected chi connectivity index (χ3v) is 3.43. The van der Waals surface area contributed by atoms with Crippen molar-refractivity contribution in [2.45, 2.75) is 40.2 Å². The van der Waals surface area contributed by atoms with Crippen molar-refractivity contribution >= 4 is 5.91 Å². The number of hydrogen-bond donors (Lipinski definition) is 1. The van der Waals surface area contributed by atoms with E-state index in [4.69, 9.17) is 0 Å². The molecule has 1 amide bonds. The first-order valence-corrected chi connectivity index (χ1v) is 7.71. The second-order valence-corrected chi connectivity index (χ2v) is 4.92. The number of carbonyl (C=O) groups excluding carboxylic acids is 1. The van der Waals surface area contributed by atoms with Gasteiger partial charge in [-0.3, -0.25) is 9.59 Å². The summed E-state index contributed by atoms with van der Waals surface area (Å²) >= 11 is 0. The number of rotatable bonds is 9. The Morgan fingerprint density at radius 1 is 1.29 bits per heavy atom. The molecular formula is C15H26N4O2. The van der Waals surface area contributed by atoms with Gasteiger partial charge in [0.1, 0.15) is 5.69 Å². The number of aryl methyl sites for hydroxylation is 1. The van der Waals surface area contributed by atoms with Crippen LogP contribution in [0.15, 0.2) is 16.9 Å². The third kappa shape index (κ3) is 5.67. The lowest BCUT2D eigenvalue weighted by Crippen LogP contribution is -2.36. The Bertz CT molecular complexity index is 495. The maximum Gasteiger partial charge on any atom is 0.271 e. The lowest BCUT2D eigenvalue weighted by molar-refractivity contribution is 0.0941. The van der Waals surface area contributed by atoms with Crippen molar-refractivity contribution in [1.29, 1.82) is 0 Å². The zero-order valence-electron chi connectivity index (χ0n) is 13.3. The van der Waals surface area contributed by atoms with E-state index in [2.05, 4.69) is 36.1 Å². The second kappa shape index (κ2) is 9.28. The van der Waals surface area contributed by atoms with Crippen LogP contribution in [0.2, 0.25) is 0 Å². The Kier molecular flexibility index (Phi) is 7.68. The van der Waals surface area contributed by atoms with Gasteiger partial charge in [-0.1, -0.05) is 27.2 Å². The van der Waals surface area contributed by atoms with Crippen molar-refractivity contribution in [1.82, 2.24) is 20.0 Å². The minimum atomic E-state index is -0.229. The molecule has 0 saturated carbocycles. The zero-order chi connectivity index (χ0) is 15.7. The molecule has 0 fully saturated rings. The Labute approximate surface area is 126 Å². The van der Waals surface area contributed by atoms with Gasteiger partial charge in [-0.2, -0.15) is 5.10 Å². The van der Waals surface area contributed by atoms with Crippen molar-refractivity contribution in [2.75, 3.05) is 26.2 Å². The first kappa shape index (κ1) is 17.4. The summed E-state index contributed by atoms with van der Waals surface area (Å²) < 4.78 is 1.36. The van der Waals surface area contributed by atoms with Crippen molar-refractivity contribution in [2.24, 2.45) is 0 Å². The predicted octanol–water partition coefficient (Wildman–Crippen LogP) is 1.11. The molecule has 1 N–H and O–H groups in total. The van der Waals surface area contributed by atoms with Gasteiger partial charge < -0.3 is 10.2 Å². The summed E-state index contributed by atoms with van der Waals surface area (Å²) in [6.07, 6.45) is 1.86. The van der Waals surface area contributed by atoms with Crippen molar-refractivity contribution in [3.63, 3.8) is 0 Å². The van der Waals surface area contributed by atoms with E-state index in [1.165, 1.54) is 16.8 Å². The average Bonchev–Trinajstić information content (AvgIpc) is 2.50. The molecule has 1 rings (SSSR count). The van der Waals surface area contributed by atoms with E-state index >= 15 is 0 Å². The summed E-state index contributed by atoms with van der Waals surface area (Å²) in [6, 6.07) is 2.89. The van der Waals surface area contributed by atoms with Gasteiger partial charge in [0, 0.05) is 25.7 Å². The van der Waals surface area contributed by atoms with Gasteiger partial charge in [-0.15, -0.1) is 0 Å². The van der Waals surface area contributed by atoms with E-state index in [0.29, 0.717) is 18.8 Å². The van der Waals surface area contributed by atoms with E-state index in [-0.39, 0.29) is 11.5 Å². The summed E-state index contributed by atoms with van der Waals surface area (Å²) in [5, 5.41) is 6.97. The molecule has 0 aliphatic rings. The molecule has 0 unspecified atom stereocenters. The van der Waals surface area contributed by atoms with Crippen LogP contribution in [0.1, 0.15) is 44.1 Å². The highest BCUT2D eigenvalue weighted by molar-refractivity contribution is 5.91. The Hall–Kier alpha value is -1.69. The number of amides is 1. The summed E-state index contributed by atoms with van der Waals surface area (Å²) in [5.41, 5.74) is 0.133. The highest BCUT2D eigenvalue weighted by Gasteiger charge is 2.09. The molecule has 0 atom stereocenters. The Balaban J connectivity index is 2.59. The summed E-state index contributed by atoms with van der Waals surface area (Å²) in [6.45, 7) is 10.1. The van der Waals surface area contributed by atoms with Crippen LogP contribution in [0.3, 0.4) is 0 Å². The fourth-order valence-electron chi connectivity index (χ4n) is 2.00. The largest absolute Gasteiger partial charge is 0.349 e. The van der Waals surface area contributed by atoms with E-state index in [1.54, 1.807) is 0 Å². The molecule has 1 aromatic rings. The number of unbranched alkanes of at least 4 members (excludes halogenated alkanes) is 1. The molecular weight excluding hydrogens is 268 g/mol. The van der Waals surface area contributed by atoms with E-state index in [1.807, 2.05) is 0 Å². The van der Waals surface area contributed by atoms with Crippen LogP contribution < -0.4 is 10.9 Å². The lowest BCUT2D eigenvalue weighted by Gasteiger charge is -2.17. The van der Waals surface area contributed by atoms with E-state index < -0.39 is 0 Å². The number of nitrogens with zero attached hydrogens (tertiary/aromatic N) is 3.